The summed E-state index contributed by atoms with van der Waals surface area (Å²) in [6, 6.07) is 7.69. The van der Waals surface area contributed by atoms with Gasteiger partial charge in [0.15, 0.2) is 12.4 Å². The number of phenols is 1. The third kappa shape index (κ3) is 4.62. The highest BCUT2D eigenvalue weighted by Crippen LogP contribution is 2.29. The van der Waals surface area contributed by atoms with Gasteiger partial charge in [-0.05, 0) is 37.6 Å². The van der Waals surface area contributed by atoms with E-state index < -0.39 is 11.9 Å². The average Bonchev–Trinajstić information content (AvgIpc) is 3.08. The number of fused-ring (bicyclic) bond motifs is 1. The van der Waals surface area contributed by atoms with Crippen molar-refractivity contribution in [2.45, 2.75) is 20.5 Å². The van der Waals surface area contributed by atoms with Gasteiger partial charge >= 0.3 is 11.9 Å². The van der Waals surface area contributed by atoms with Crippen molar-refractivity contribution in [3.63, 3.8) is 0 Å². The molecule has 10 heteroatoms. The number of nitrogen functional groups attached to an aromatic ring is 1. The van der Waals surface area contributed by atoms with Gasteiger partial charge in [-0.3, -0.25) is 0 Å². The largest absolute Gasteiger partial charge is 0.508 e. The molecule has 0 saturated carbocycles. The van der Waals surface area contributed by atoms with Crippen LogP contribution >= 0.6 is 0 Å². The van der Waals surface area contributed by atoms with E-state index in [4.69, 9.17) is 19.6 Å². The molecule has 0 aliphatic rings. The lowest BCUT2D eigenvalue weighted by atomic mass is 10.1. The Morgan fingerprint density at radius 1 is 1.26 bits per heavy atom. The zero-order valence-electron chi connectivity index (χ0n) is 16.7. The number of aromatic nitrogens is 2. The number of carbonyl (C=O) groups is 2. The summed E-state index contributed by atoms with van der Waals surface area (Å²) < 4.78 is 15.6. The first-order chi connectivity index (χ1) is 14.8. The van der Waals surface area contributed by atoms with E-state index in [-0.39, 0.29) is 58.6 Å². The van der Waals surface area contributed by atoms with Gasteiger partial charge in [0.1, 0.15) is 34.5 Å². The molecule has 2 aromatic heterocycles. The van der Waals surface area contributed by atoms with Crippen LogP contribution in [0.4, 0.5) is 5.82 Å². The van der Waals surface area contributed by atoms with Gasteiger partial charge < -0.3 is 24.7 Å². The van der Waals surface area contributed by atoms with Crippen molar-refractivity contribution in [1.82, 2.24) is 9.97 Å². The standard InChI is InChI=1S/C21H18N4O6/c1-3-29-21(28)16-11(2)31-19-17(16)18(23)24-15(25-19)10-30-20(27)13(9-22)8-12-4-6-14(26)7-5-12/h4-8,26H,3,10H2,1-2H3,(H2,23,24,25)/b13-8-. The van der Waals surface area contributed by atoms with Crippen molar-refractivity contribution in [3.8, 4) is 11.8 Å². The first-order valence-electron chi connectivity index (χ1n) is 9.14. The molecule has 3 rings (SSSR count). The number of rotatable bonds is 6. The summed E-state index contributed by atoms with van der Waals surface area (Å²) in [6.07, 6.45) is 1.32. The number of esters is 2. The van der Waals surface area contributed by atoms with Gasteiger partial charge in [0, 0.05) is 0 Å². The fourth-order valence-electron chi connectivity index (χ4n) is 2.78. The van der Waals surface area contributed by atoms with Crippen molar-refractivity contribution >= 4 is 34.9 Å². The fourth-order valence-corrected chi connectivity index (χ4v) is 2.78. The lowest BCUT2D eigenvalue weighted by Crippen LogP contribution is -2.10. The lowest BCUT2D eigenvalue weighted by Gasteiger charge is -2.05. The molecule has 0 atom stereocenters. The van der Waals surface area contributed by atoms with Crippen molar-refractivity contribution in [3.05, 3.63) is 52.6 Å². The highest BCUT2D eigenvalue weighted by molar-refractivity contribution is 6.07. The molecule has 0 bridgehead atoms. The number of carbonyl (C=O) groups excluding carboxylic acids is 2. The third-order valence-corrected chi connectivity index (χ3v) is 4.16. The molecule has 10 nitrogen and oxygen atoms in total. The SMILES string of the molecule is CCOC(=O)c1c(C)oc2nc(COC(=O)/C(C#N)=C\c3ccc(O)cc3)nc(N)c12. The Balaban J connectivity index is 1.80. The van der Waals surface area contributed by atoms with Crippen LogP contribution in [0.3, 0.4) is 0 Å². The van der Waals surface area contributed by atoms with E-state index in [1.807, 2.05) is 0 Å². The van der Waals surface area contributed by atoms with E-state index in [0.29, 0.717) is 5.56 Å². The molecule has 0 aliphatic carbocycles. The molecule has 0 spiro atoms. The van der Waals surface area contributed by atoms with Crippen molar-refractivity contribution in [2.75, 3.05) is 12.3 Å². The van der Waals surface area contributed by atoms with Crippen molar-refractivity contribution in [1.29, 1.82) is 5.26 Å². The second-order valence-corrected chi connectivity index (χ2v) is 6.30. The zero-order valence-corrected chi connectivity index (χ0v) is 16.7. The first-order valence-corrected chi connectivity index (χ1v) is 9.14. The normalized spacial score (nSPS) is 11.2. The van der Waals surface area contributed by atoms with Gasteiger partial charge in [-0.2, -0.15) is 10.2 Å². The summed E-state index contributed by atoms with van der Waals surface area (Å²) in [5.41, 5.74) is 6.44. The van der Waals surface area contributed by atoms with Crippen LogP contribution < -0.4 is 5.73 Å². The number of nitriles is 1. The van der Waals surface area contributed by atoms with Crippen LogP contribution in [0.25, 0.3) is 17.2 Å². The summed E-state index contributed by atoms with van der Waals surface area (Å²) in [5, 5.41) is 18.8. The van der Waals surface area contributed by atoms with Gasteiger partial charge in [-0.1, -0.05) is 12.1 Å². The maximum absolute atomic E-state index is 12.3. The van der Waals surface area contributed by atoms with Crippen LogP contribution in [0.15, 0.2) is 34.3 Å². The van der Waals surface area contributed by atoms with Gasteiger partial charge in [-0.15, -0.1) is 0 Å². The second kappa shape index (κ2) is 8.96. The Morgan fingerprint density at radius 2 is 1.97 bits per heavy atom. The molecular weight excluding hydrogens is 404 g/mol. The van der Waals surface area contributed by atoms with Gasteiger partial charge in [0.05, 0.1) is 12.0 Å². The van der Waals surface area contributed by atoms with Crippen molar-refractivity contribution < 1.29 is 28.6 Å². The summed E-state index contributed by atoms with van der Waals surface area (Å²) in [5.74, 6) is -1.16. The number of aromatic hydroxyl groups is 1. The van der Waals surface area contributed by atoms with Crippen LogP contribution in [0.1, 0.15) is 34.4 Å². The number of aryl methyl sites for hydroxylation is 1. The number of benzene rings is 1. The van der Waals surface area contributed by atoms with Crippen molar-refractivity contribution in [2.24, 2.45) is 0 Å². The van der Waals surface area contributed by atoms with E-state index in [0.717, 1.165) is 0 Å². The smallest absolute Gasteiger partial charge is 0.349 e. The second-order valence-electron chi connectivity index (χ2n) is 6.30. The lowest BCUT2D eigenvalue weighted by molar-refractivity contribution is -0.139. The van der Waals surface area contributed by atoms with Crippen LogP contribution in [-0.2, 0) is 20.9 Å². The van der Waals surface area contributed by atoms with Crippen LogP contribution in [0.5, 0.6) is 5.75 Å². The molecule has 3 aromatic rings. The maximum atomic E-state index is 12.3. The van der Waals surface area contributed by atoms with E-state index in [1.165, 1.54) is 30.3 Å². The number of hydrogen-bond donors (Lipinski definition) is 2. The number of furan rings is 1. The number of anilines is 1. The number of phenolic OH excluding ortho intramolecular Hbond substituents is 1. The number of ether oxygens (including phenoxy) is 2. The van der Waals surface area contributed by atoms with Gasteiger partial charge in [-0.25, -0.2) is 14.6 Å². The molecule has 0 fully saturated rings. The highest BCUT2D eigenvalue weighted by atomic mass is 16.5. The summed E-state index contributed by atoms with van der Waals surface area (Å²) in [7, 11) is 0. The Kier molecular flexibility index (Phi) is 6.16. The predicted molar refractivity (Wildman–Crippen MR) is 108 cm³/mol. The molecule has 0 aliphatic heterocycles. The number of nitrogens with zero attached hydrogens (tertiary/aromatic N) is 3. The topological polar surface area (TPSA) is 162 Å². The number of hydrogen-bond acceptors (Lipinski definition) is 10. The van der Waals surface area contributed by atoms with E-state index >= 15 is 0 Å². The maximum Gasteiger partial charge on any atom is 0.349 e. The zero-order chi connectivity index (χ0) is 22.5. The van der Waals surface area contributed by atoms with E-state index in [9.17, 15) is 20.0 Å². The Morgan fingerprint density at radius 3 is 2.61 bits per heavy atom. The Hall–Kier alpha value is -4.39. The Labute approximate surface area is 176 Å². The highest BCUT2D eigenvalue weighted by Gasteiger charge is 2.24. The molecule has 1 aromatic carbocycles. The molecular formula is C21H18N4O6. The van der Waals surface area contributed by atoms with Gasteiger partial charge in [0.2, 0.25) is 5.71 Å². The van der Waals surface area contributed by atoms with E-state index in [1.54, 1.807) is 19.9 Å². The monoisotopic (exact) mass is 422 g/mol. The van der Waals surface area contributed by atoms with Crippen LogP contribution in [-0.4, -0.2) is 33.6 Å². The first kappa shape index (κ1) is 21.3. The quantitative estimate of drug-likeness (QED) is 0.343. The third-order valence-electron chi connectivity index (χ3n) is 4.16. The molecule has 0 radical (unpaired) electrons. The van der Waals surface area contributed by atoms with E-state index in [2.05, 4.69) is 9.97 Å². The van der Waals surface area contributed by atoms with Crippen LogP contribution in [0.2, 0.25) is 0 Å². The summed E-state index contributed by atoms with van der Waals surface area (Å²) in [4.78, 5) is 32.6. The van der Waals surface area contributed by atoms with Crippen LogP contribution in [0, 0.1) is 18.3 Å². The molecule has 0 unspecified atom stereocenters. The minimum absolute atomic E-state index is 0.0314. The molecule has 158 valence electrons. The molecule has 2 heterocycles. The molecule has 3 N–H and O–H groups in total. The minimum atomic E-state index is -0.888. The Bertz CT molecular complexity index is 1220. The predicted octanol–water partition coefficient (Wildman–Crippen LogP) is 2.65. The molecule has 31 heavy (non-hydrogen) atoms. The minimum Gasteiger partial charge on any atom is -0.508 e. The average molecular weight is 422 g/mol. The molecule has 0 saturated heterocycles. The molecule has 0 amide bonds. The summed E-state index contributed by atoms with van der Waals surface area (Å²) in [6.45, 7) is 3.05. The van der Waals surface area contributed by atoms with Gasteiger partial charge in [0.25, 0.3) is 0 Å². The summed E-state index contributed by atoms with van der Waals surface area (Å²) >= 11 is 0. The fraction of sp³-hybridized carbons (Fsp3) is 0.190. The number of nitrogens with two attached hydrogens (primary N) is 1.